The highest BCUT2D eigenvalue weighted by molar-refractivity contribution is 6.31. The van der Waals surface area contributed by atoms with Gasteiger partial charge in [0.25, 0.3) is 0 Å². The highest BCUT2D eigenvalue weighted by Gasteiger charge is 2.19. The number of carbonyl (C=O) groups is 1. The van der Waals surface area contributed by atoms with Crippen LogP contribution in [-0.2, 0) is 11.2 Å². The highest BCUT2D eigenvalue weighted by atomic mass is 35.5. The summed E-state index contributed by atoms with van der Waals surface area (Å²) in [6, 6.07) is 12.1. The molecule has 0 aliphatic heterocycles. The van der Waals surface area contributed by atoms with Crippen LogP contribution < -0.4 is 16.0 Å². The van der Waals surface area contributed by atoms with E-state index in [0.717, 1.165) is 17.8 Å². The smallest absolute Gasteiger partial charge is 0.247 e. The SMILES string of the molecule is C=CC(=O)Nc1cccc(Nc2nc(Nc3ccc(Cl)c(CC(C)(C)CO)c3)ncc2F)c1. The average Bonchev–Trinajstić information content (AvgIpc) is 2.78. The van der Waals surface area contributed by atoms with E-state index in [2.05, 4.69) is 32.5 Å². The van der Waals surface area contributed by atoms with Crippen LogP contribution in [0.4, 0.5) is 33.2 Å². The summed E-state index contributed by atoms with van der Waals surface area (Å²) in [6.07, 6.45) is 2.80. The molecule has 33 heavy (non-hydrogen) atoms. The van der Waals surface area contributed by atoms with Gasteiger partial charge in [-0.05, 0) is 59.9 Å². The number of amides is 1. The van der Waals surface area contributed by atoms with Crippen molar-refractivity contribution in [3.63, 3.8) is 0 Å². The van der Waals surface area contributed by atoms with Gasteiger partial charge in [-0.25, -0.2) is 9.37 Å². The predicted molar refractivity (Wildman–Crippen MR) is 130 cm³/mol. The normalized spacial score (nSPS) is 11.1. The van der Waals surface area contributed by atoms with Crippen LogP contribution in [0.25, 0.3) is 0 Å². The molecule has 9 heteroatoms. The third-order valence-corrected chi connectivity index (χ3v) is 5.09. The van der Waals surface area contributed by atoms with Crippen molar-refractivity contribution in [3.8, 4) is 0 Å². The molecule has 0 saturated carbocycles. The molecule has 0 unspecified atom stereocenters. The number of aliphatic hydroxyl groups is 1. The summed E-state index contributed by atoms with van der Waals surface area (Å²) in [5.41, 5.74) is 2.26. The molecule has 172 valence electrons. The van der Waals surface area contributed by atoms with E-state index in [9.17, 15) is 14.3 Å². The Hall–Kier alpha value is -3.49. The quantitative estimate of drug-likeness (QED) is 0.311. The van der Waals surface area contributed by atoms with Gasteiger partial charge < -0.3 is 21.1 Å². The molecule has 0 atom stereocenters. The first-order valence-electron chi connectivity index (χ1n) is 10.2. The monoisotopic (exact) mass is 469 g/mol. The van der Waals surface area contributed by atoms with Crippen molar-refractivity contribution < 1.29 is 14.3 Å². The van der Waals surface area contributed by atoms with Crippen LogP contribution in [0, 0.1) is 11.2 Å². The third kappa shape index (κ3) is 6.74. The minimum absolute atomic E-state index is 0.0234. The van der Waals surface area contributed by atoms with Gasteiger partial charge >= 0.3 is 0 Å². The second-order valence-corrected chi connectivity index (χ2v) is 8.63. The topological polar surface area (TPSA) is 99.2 Å². The number of aliphatic hydroxyl groups excluding tert-OH is 1. The van der Waals surface area contributed by atoms with Crippen LogP contribution in [0.1, 0.15) is 19.4 Å². The number of rotatable bonds is 9. The Morgan fingerprint density at radius 3 is 2.64 bits per heavy atom. The first kappa shape index (κ1) is 24.2. The zero-order valence-corrected chi connectivity index (χ0v) is 19.1. The fourth-order valence-electron chi connectivity index (χ4n) is 3.01. The van der Waals surface area contributed by atoms with Crippen molar-refractivity contribution >= 4 is 46.3 Å². The van der Waals surface area contributed by atoms with Gasteiger partial charge in [0.15, 0.2) is 11.6 Å². The minimum Gasteiger partial charge on any atom is -0.396 e. The molecule has 4 N–H and O–H groups in total. The van der Waals surface area contributed by atoms with Gasteiger partial charge in [0.2, 0.25) is 11.9 Å². The Labute approximate surface area is 196 Å². The zero-order chi connectivity index (χ0) is 24.0. The second-order valence-electron chi connectivity index (χ2n) is 8.22. The summed E-state index contributed by atoms with van der Waals surface area (Å²) in [7, 11) is 0. The van der Waals surface area contributed by atoms with Gasteiger partial charge in [0.05, 0.1) is 6.20 Å². The summed E-state index contributed by atoms with van der Waals surface area (Å²) >= 11 is 6.32. The van der Waals surface area contributed by atoms with Crippen molar-refractivity contribution in [1.29, 1.82) is 0 Å². The number of aromatic nitrogens is 2. The summed E-state index contributed by atoms with van der Waals surface area (Å²) < 4.78 is 14.4. The molecule has 3 rings (SSSR count). The summed E-state index contributed by atoms with van der Waals surface area (Å²) in [4.78, 5) is 19.7. The second kappa shape index (κ2) is 10.4. The average molecular weight is 470 g/mol. The number of hydrogen-bond donors (Lipinski definition) is 4. The van der Waals surface area contributed by atoms with Gasteiger partial charge in [-0.15, -0.1) is 0 Å². The van der Waals surface area contributed by atoms with E-state index in [1.165, 1.54) is 0 Å². The maximum absolute atomic E-state index is 14.4. The molecular formula is C24H25ClFN5O2. The molecule has 1 heterocycles. The molecule has 0 spiro atoms. The van der Waals surface area contributed by atoms with Crippen LogP contribution in [0.15, 0.2) is 61.3 Å². The fraction of sp³-hybridized carbons (Fsp3) is 0.208. The molecule has 1 amide bonds. The molecule has 2 aromatic carbocycles. The molecule has 0 aliphatic carbocycles. The lowest BCUT2D eigenvalue weighted by atomic mass is 9.86. The summed E-state index contributed by atoms with van der Waals surface area (Å²) in [6.45, 7) is 7.33. The van der Waals surface area contributed by atoms with E-state index < -0.39 is 5.82 Å². The number of carbonyl (C=O) groups excluding carboxylic acids is 1. The molecule has 0 bridgehead atoms. The van der Waals surface area contributed by atoms with Crippen LogP contribution in [-0.4, -0.2) is 27.6 Å². The van der Waals surface area contributed by atoms with Crippen molar-refractivity contribution in [2.24, 2.45) is 5.41 Å². The van der Waals surface area contributed by atoms with E-state index in [1.54, 1.807) is 36.4 Å². The first-order valence-corrected chi connectivity index (χ1v) is 10.6. The van der Waals surface area contributed by atoms with Crippen molar-refractivity contribution in [2.75, 3.05) is 22.6 Å². The molecule has 3 aromatic rings. The largest absolute Gasteiger partial charge is 0.396 e. The number of benzene rings is 2. The zero-order valence-electron chi connectivity index (χ0n) is 18.3. The van der Waals surface area contributed by atoms with Gasteiger partial charge in [-0.1, -0.05) is 38.1 Å². The van der Waals surface area contributed by atoms with Crippen molar-refractivity contribution in [3.05, 3.63) is 77.7 Å². The first-order chi connectivity index (χ1) is 15.7. The van der Waals surface area contributed by atoms with E-state index in [0.29, 0.717) is 28.5 Å². The van der Waals surface area contributed by atoms with Crippen LogP contribution in [0.5, 0.6) is 0 Å². The number of anilines is 5. The Morgan fingerprint density at radius 2 is 1.91 bits per heavy atom. The van der Waals surface area contributed by atoms with E-state index in [-0.39, 0.29) is 29.7 Å². The Bertz CT molecular complexity index is 1170. The standard InChI is InChI=1S/C24H25ClFN5O2/c1-4-21(33)28-16-6-5-7-17(11-16)29-22-20(26)13-27-23(31-22)30-18-8-9-19(25)15(10-18)12-24(2,3)14-32/h4-11,13,32H,1,12,14H2,2-3H3,(H,28,33)(H2,27,29,30,31). The van der Waals surface area contributed by atoms with Crippen LogP contribution in [0.3, 0.4) is 0 Å². The van der Waals surface area contributed by atoms with Crippen molar-refractivity contribution in [2.45, 2.75) is 20.3 Å². The maximum atomic E-state index is 14.4. The number of nitrogens with one attached hydrogen (secondary N) is 3. The summed E-state index contributed by atoms with van der Waals surface area (Å²) in [5.74, 6) is -0.834. The molecule has 7 nitrogen and oxygen atoms in total. The van der Waals surface area contributed by atoms with Crippen molar-refractivity contribution in [1.82, 2.24) is 9.97 Å². The molecular weight excluding hydrogens is 445 g/mol. The summed E-state index contributed by atoms with van der Waals surface area (Å²) in [5, 5.41) is 18.7. The van der Waals surface area contributed by atoms with Crippen LogP contribution >= 0.6 is 11.6 Å². The van der Waals surface area contributed by atoms with Crippen LogP contribution in [0.2, 0.25) is 5.02 Å². The lowest BCUT2D eigenvalue weighted by Crippen LogP contribution is -2.20. The van der Waals surface area contributed by atoms with Gasteiger partial charge in [0.1, 0.15) is 0 Å². The Morgan fingerprint density at radius 1 is 1.18 bits per heavy atom. The number of nitrogens with zero attached hydrogens (tertiary/aromatic N) is 2. The van der Waals surface area contributed by atoms with Gasteiger partial charge in [0, 0.05) is 28.7 Å². The Kier molecular flexibility index (Phi) is 7.63. The maximum Gasteiger partial charge on any atom is 0.247 e. The number of halogens is 2. The predicted octanol–water partition coefficient (Wildman–Crippen LogP) is 5.44. The molecule has 0 radical (unpaired) electrons. The molecule has 0 saturated heterocycles. The highest BCUT2D eigenvalue weighted by Crippen LogP contribution is 2.29. The fourth-order valence-corrected chi connectivity index (χ4v) is 3.19. The lowest BCUT2D eigenvalue weighted by Gasteiger charge is -2.22. The number of hydrogen-bond acceptors (Lipinski definition) is 6. The van der Waals surface area contributed by atoms with E-state index in [4.69, 9.17) is 11.6 Å². The lowest BCUT2D eigenvalue weighted by molar-refractivity contribution is -0.111. The van der Waals surface area contributed by atoms with Gasteiger partial charge in [-0.3, -0.25) is 4.79 Å². The third-order valence-electron chi connectivity index (χ3n) is 4.72. The molecule has 1 aromatic heterocycles. The minimum atomic E-state index is -0.637. The van der Waals surface area contributed by atoms with E-state index in [1.807, 2.05) is 19.9 Å². The molecule has 0 fully saturated rings. The Balaban J connectivity index is 1.79. The molecule has 0 aliphatic rings. The van der Waals surface area contributed by atoms with Gasteiger partial charge in [-0.2, -0.15) is 4.98 Å². The van der Waals surface area contributed by atoms with E-state index >= 15 is 0 Å².